The maximum atomic E-state index is 12.1. The lowest BCUT2D eigenvalue weighted by Crippen LogP contribution is -2.07. The highest BCUT2D eigenvalue weighted by Crippen LogP contribution is 2.29. The average molecular weight is 476 g/mol. The first-order valence-corrected chi connectivity index (χ1v) is 12.4. The van der Waals surface area contributed by atoms with Crippen molar-refractivity contribution in [2.75, 3.05) is 0 Å². The predicted molar refractivity (Wildman–Crippen MR) is 142 cm³/mol. The number of benzene rings is 3. The van der Waals surface area contributed by atoms with Crippen LogP contribution in [0.4, 0.5) is 0 Å². The van der Waals surface area contributed by atoms with E-state index in [1.54, 1.807) is 0 Å². The zero-order valence-corrected chi connectivity index (χ0v) is 20.6. The summed E-state index contributed by atoms with van der Waals surface area (Å²) in [6.07, 6.45) is 5.26. The molecule has 0 amide bonds. The van der Waals surface area contributed by atoms with Crippen molar-refractivity contribution in [1.82, 2.24) is 14.4 Å². The number of esters is 1. The molecule has 5 heteroatoms. The van der Waals surface area contributed by atoms with Crippen LogP contribution < -0.4 is 4.74 Å². The summed E-state index contributed by atoms with van der Waals surface area (Å²) in [6.45, 7) is 3.60. The van der Waals surface area contributed by atoms with Crippen LogP contribution in [0.15, 0.2) is 91.1 Å². The minimum Gasteiger partial charge on any atom is -0.407 e. The van der Waals surface area contributed by atoms with E-state index in [-0.39, 0.29) is 5.97 Å². The van der Waals surface area contributed by atoms with Gasteiger partial charge < -0.3 is 4.74 Å². The lowest BCUT2D eigenvalue weighted by Gasteiger charge is -2.10. The maximum absolute atomic E-state index is 12.1. The summed E-state index contributed by atoms with van der Waals surface area (Å²) in [7, 11) is 0. The first-order chi connectivity index (χ1) is 17.6. The van der Waals surface area contributed by atoms with Gasteiger partial charge in [0.05, 0.1) is 11.4 Å². The SMILES string of the molecule is CCCc1ccc(Cc2nc3c(Cc4ccccc4)nc(-c4ccccc4)cn3c2OC(C)=O)cc1. The highest BCUT2D eigenvalue weighted by Gasteiger charge is 2.21. The smallest absolute Gasteiger partial charge is 0.309 e. The highest BCUT2D eigenvalue weighted by atomic mass is 16.5. The number of hydrogen-bond donors (Lipinski definition) is 0. The third kappa shape index (κ3) is 5.20. The molecule has 0 aliphatic heterocycles. The molecule has 0 radical (unpaired) electrons. The molecule has 2 aromatic heterocycles. The molecular formula is C31H29N3O2. The number of carbonyl (C=O) groups excluding carboxylic acids is 1. The van der Waals surface area contributed by atoms with Crippen LogP contribution in [0.1, 0.15) is 48.3 Å². The molecule has 5 nitrogen and oxygen atoms in total. The number of hydrogen-bond acceptors (Lipinski definition) is 4. The predicted octanol–water partition coefficient (Wildman–Crippen LogP) is 6.46. The van der Waals surface area contributed by atoms with Gasteiger partial charge in [-0.1, -0.05) is 98.3 Å². The topological polar surface area (TPSA) is 56.5 Å². The molecule has 2 heterocycles. The maximum Gasteiger partial charge on any atom is 0.309 e. The first-order valence-electron chi connectivity index (χ1n) is 12.4. The van der Waals surface area contributed by atoms with Gasteiger partial charge in [0.15, 0.2) is 5.65 Å². The summed E-state index contributed by atoms with van der Waals surface area (Å²) in [4.78, 5) is 22.1. The number of fused-ring (bicyclic) bond motifs is 1. The van der Waals surface area contributed by atoms with E-state index in [9.17, 15) is 4.79 Å². The van der Waals surface area contributed by atoms with Crippen molar-refractivity contribution in [2.24, 2.45) is 0 Å². The molecule has 0 spiro atoms. The monoisotopic (exact) mass is 475 g/mol. The van der Waals surface area contributed by atoms with Gasteiger partial charge in [0, 0.05) is 31.5 Å². The fraction of sp³-hybridized carbons (Fsp3) is 0.194. The Morgan fingerprint density at radius 1 is 0.778 bits per heavy atom. The Labute approximate surface area is 211 Å². The van der Waals surface area contributed by atoms with Gasteiger partial charge in [-0.2, -0.15) is 0 Å². The molecule has 0 N–H and O–H groups in total. The Hall–Kier alpha value is -4.25. The molecule has 0 atom stereocenters. The second-order valence-electron chi connectivity index (χ2n) is 9.00. The van der Waals surface area contributed by atoms with Crippen LogP contribution >= 0.6 is 0 Å². The average Bonchev–Trinajstić information content (AvgIpc) is 3.23. The molecular weight excluding hydrogens is 446 g/mol. The molecule has 5 aromatic rings. The van der Waals surface area contributed by atoms with Crippen LogP contribution in [0.2, 0.25) is 0 Å². The van der Waals surface area contributed by atoms with Gasteiger partial charge in [-0.15, -0.1) is 0 Å². The fourth-order valence-electron chi connectivity index (χ4n) is 4.46. The number of imidazole rings is 1. The third-order valence-electron chi connectivity index (χ3n) is 6.16. The summed E-state index contributed by atoms with van der Waals surface area (Å²) in [5.41, 5.74) is 7.62. The number of rotatable bonds is 8. The lowest BCUT2D eigenvalue weighted by atomic mass is 10.0. The van der Waals surface area contributed by atoms with E-state index >= 15 is 0 Å². The van der Waals surface area contributed by atoms with Gasteiger partial charge in [0.25, 0.3) is 0 Å². The Morgan fingerprint density at radius 3 is 2.06 bits per heavy atom. The fourth-order valence-corrected chi connectivity index (χ4v) is 4.46. The van der Waals surface area contributed by atoms with Gasteiger partial charge in [-0.25, -0.2) is 9.97 Å². The zero-order valence-electron chi connectivity index (χ0n) is 20.6. The molecule has 3 aromatic carbocycles. The minimum absolute atomic E-state index is 0.376. The van der Waals surface area contributed by atoms with Crippen molar-refractivity contribution in [3.63, 3.8) is 0 Å². The van der Waals surface area contributed by atoms with Gasteiger partial charge in [-0.05, 0) is 23.1 Å². The van der Waals surface area contributed by atoms with Crippen LogP contribution in [0.25, 0.3) is 16.9 Å². The summed E-state index contributed by atoms with van der Waals surface area (Å²) in [5.74, 6) is 0.0723. The van der Waals surface area contributed by atoms with Gasteiger partial charge in [0.2, 0.25) is 5.88 Å². The number of aryl methyl sites for hydroxylation is 1. The molecule has 0 saturated heterocycles. The Morgan fingerprint density at radius 2 is 1.39 bits per heavy atom. The third-order valence-corrected chi connectivity index (χ3v) is 6.16. The number of ether oxygens (including phenoxy) is 1. The molecule has 0 fully saturated rings. The highest BCUT2D eigenvalue weighted by molar-refractivity contribution is 5.71. The Bertz CT molecular complexity index is 1470. The van der Waals surface area contributed by atoms with Gasteiger partial charge in [-0.3, -0.25) is 9.20 Å². The first kappa shape index (κ1) is 23.5. The molecule has 0 unspecified atom stereocenters. The summed E-state index contributed by atoms with van der Waals surface area (Å²) in [5, 5.41) is 0. The van der Waals surface area contributed by atoms with Crippen LogP contribution in [-0.4, -0.2) is 20.3 Å². The molecule has 0 saturated carbocycles. The van der Waals surface area contributed by atoms with Crippen LogP contribution in [0, 0.1) is 0 Å². The van der Waals surface area contributed by atoms with Gasteiger partial charge >= 0.3 is 5.97 Å². The van der Waals surface area contributed by atoms with E-state index < -0.39 is 0 Å². The van der Waals surface area contributed by atoms with Crippen LogP contribution in [0.3, 0.4) is 0 Å². The number of carbonyl (C=O) groups is 1. The normalized spacial score (nSPS) is 11.1. The number of aromatic nitrogens is 3. The van der Waals surface area contributed by atoms with Crippen molar-refractivity contribution in [1.29, 1.82) is 0 Å². The number of nitrogens with zero attached hydrogens (tertiary/aromatic N) is 3. The van der Waals surface area contributed by atoms with E-state index in [2.05, 4.69) is 43.3 Å². The van der Waals surface area contributed by atoms with E-state index in [4.69, 9.17) is 14.7 Å². The Kier molecular flexibility index (Phi) is 6.89. The molecule has 0 bridgehead atoms. The standard InChI is InChI=1S/C31H29N3O2/c1-3-10-23-15-17-25(18-16-23)20-28-31(36-22(2)35)34-21-29(26-13-8-5-9-14-26)32-27(30(34)33-28)19-24-11-6-4-7-12-24/h4-9,11-18,21H,3,10,19-20H2,1-2H3. The van der Waals surface area contributed by atoms with E-state index in [1.165, 1.54) is 12.5 Å². The van der Waals surface area contributed by atoms with Crippen molar-refractivity contribution in [3.8, 4) is 17.1 Å². The van der Waals surface area contributed by atoms with Gasteiger partial charge in [0.1, 0.15) is 5.69 Å². The largest absolute Gasteiger partial charge is 0.407 e. The lowest BCUT2D eigenvalue weighted by molar-refractivity contribution is -0.132. The molecule has 0 aliphatic carbocycles. The second-order valence-corrected chi connectivity index (χ2v) is 9.00. The van der Waals surface area contributed by atoms with Crippen molar-refractivity contribution in [3.05, 3.63) is 119 Å². The Balaban J connectivity index is 1.65. The molecule has 5 rings (SSSR count). The van der Waals surface area contributed by atoms with Crippen molar-refractivity contribution < 1.29 is 9.53 Å². The van der Waals surface area contributed by atoms with Crippen molar-refractivity contribution in [2.45, 2.75) is 39.5 Å². The van der Waals surface area contributed by atoms with E-state index in [0.29, 0.717) is 24.4 Å². The van der Waals surface area contributed by atoms with Crippen LogP contribution in [-0.2, 0) is 24.1 Å². The van der Waals surface area contributed by atoms with E-state index in [0.717, 1.165) is 46.6 Å². The summed E-state index contributed by atoms with van der Waals surface area (Å²) in [6, 6.07) is 28.8. The zero-order chi connectivity index (χ0) is 24.9. The molecule has 180 valence electrons. The van der Waals surface area contributed by atoms with Crippen molar-refractivity contribution >= 4 is 11.6 Å². The van der Waals surface area contributed by atoms with Crippen LogP contribution in [0.5, 0.6) is 5.88 Å². The quantitative estimate of drug-likeness (QED) is 0.242. The summed E-state index contributed by atoms with van der Waals surface area (Å²) >= 11 is 0. The minimum atomic E-state index is -0.376. The summed E-state index contributed by atoms with van der Waals surface area (Å²) < 4.78 is 7.65. The second kappa shape index (κ2) is 10.6. The van der Waals surface area contributed by atoms with E-state index in [1.807, 2.05) is 59.1 Å². The molecule has 36 heavy (non-hydrogen) atoms. The molecule has 0 aliphatic rings.